The summed E-state index contributed by atoms with van der Waals surface area (Å²) in [5.41, 5.74) is 0. The van der Waals surface area contributed by atoms with E-state index in [2.05, 4.69) is 10.6 Å². The van der Waals surface area contributed by atoms with Crippen molar-refractivity contribution in [2.45, 2.75) is 60.3 Å². The van der Waals surface area contributed by atoms with Crippen molar-refractivity contribution in [1.82, 2.24) is 10.6 Å². The molecule has 0 saturated heterocycles. The van der Waals surface area contributed by atoms with E-state index in [9.17, 15) is 9.59 Å². The fraction of sp³-hybridized carbons (Fsp3) is 0.875. The van der Waals surface area contributed by atoms with E-state index in [1.807, 2.05) is 34.6 Å². The number of hydrogen-bond donors (Lipinski definition) is 2. The Morgan fingerprint density at radius 1 is 1.00 bits per heavy atom. The number of hydrogen-bond acceptors (Lipinski definition) is 3. The third-order valence-corrected chi connectivity index (χ3v) is 2.97. The molecule has 0 fully saturated rings. The Morgan fingerprint density at radius 3 is 2.10 bits per heavy atom. The molecule has 126 valence electrons. The number of carbonyl (C=O) groups excluding carboxylic acids is 2. The molecule has 0 rings (SSSR count). The molecule has 0 aliphatic heterocycles. The molecule has 21 heavy (non-hydrogen) atoms. The summed E-state index contributed by atoms with van der Waals surface area (Å²) in [6, 6.07) is 0. The quantitative estimate of drug-likeness (QED) is 0.576. The first-order chi connectivity index (χ1) is 10.1. The van der Waals surface area contributed by atoms with Gasteiger partial charge in [-0.2, -0.15) is 0 Å². The molecule has 0 heterocycles. The van der Waals surface area contributed by atoms with Gasteiger partial charge in [0.1, 0.15) is 6.61 Å². The maximum absolute atomic E-state index is 11.5. The summed E-state index contributed by atoms with van der Waals surface area (Å²) in [5.74, 6) is 0.164. The van der Waals surface area contributed by atoms with Crippen molar-refractivity contribution >= 4 is 11.8 Å². The van der Waals surface area contributed by atoms with Gasteiger partial charge in [0.05, 0.1) is 0 Å². The van der Waals surface area contributed by atoms with Crippen molar-refractivity contribution in [3.8, 4) is 0 Å². The van der Waals surface area contributed by atoms with Crippen LogP contribution in [0, 0.1) is 5.92 Å². The summed E-state index contributed by atoms with van der Waals surface area (Å²) in [4.78, 5) is 22.7. The number of nitrogens with one attached hydrogen (secondary N) is 2. The lowest BCUT2D eigenvalue weighted by molar-refractivity contribution is -0.125. The lowest BCUT2D eigenvalue weighted by atomic mass is 10.1. The van der Waals surface area contributed by atoms with Crippen molar-refractivity contribution in [2.24, 2.45) is 5.92 Å². The van der Waals surface area contributed by atoms with Crippen LogP contribution in [0.2, 0.25) is 0 Å². The maximum atomic E-state index is 11.5. The van der Waals surface area contributed by atoms with Gasteiger partial charge in [-0.05, 0) is 32.6 Å². The summed E-state index contributed by atoms with van der Waals surface area (Å²) in [7, 11) is 0. The highest BCUT2D eigenvalue weighted by Crippen LogP contribution is 2.00. The van der Waals surface area contributed by atoms with Gasteiger partial charge in [0.15, 0.2) is 0 Å². The Bertz CT molecular complexity index is 258. The third kappa shape index (κ3) is 15.1. The molecule has 5 nitrogen and oxygen atoms in total. The highest BCUT2D eigenvalue weighted by atomic mass is 16.5. The molecule has 0 aromatic carbocycles. The van der Waals surface area contributed by atoms with E-state index >= 15 is 0 Å². The van der Waals surface area contributed by atoms with Crippen LogP contribution in [0.4, 0.5) is 0 Å². The SMILES string of the molecule is CC.CCOCC(=O)NCCCCCNC(=O)C(C)CC. The van der Waals surface area contributed by atoms with E-state index < -0.39 is 0 Å². The highest BCUT2D eigenvalue weighted by Gasteiger charge is 2.08. The second kappa shape index (κ2) is 17.0. The van der Waals surface area contributed by atoms with Gasteiger partial charge >= 0.3 is 0 Å². The van der Waals surface area contributed by atoms with Crippen LogP contribution in [0.3, 0.4) is 0 Å². The third-order valence-electron chi connectivity index (χ3n) is 2.97. The smallest absolute Gasteiger partial charge is 0.245 e. The average molecular weight is 302 g/mol. The van der Waals surface area contributed by atoms with E-state index in [0.29, 0.717) is 13.2 Å². The number of unbranched alkanes of at least 4 members (excludes halogenated alkanes) is 2. The topological polar surface area (TPSA) is 67.4 Å². The van der Waals surface area contributed by atoms with Gasteiger partial charge in [0, 0.05) is 25.6 Å². The van der Waals surface area contributed by atoms with Crippen molar-refractivity contribution in [2.75, 3.05) is 26.3 Å². The molecular formula is C16H34N2O3. The Morgan fingerprint density at radius 2 is 1.57 bits per heavy atom. The zero-order chi connectivity index (χ0) is 16.5. The predicted molar refractivity (Wildman–Crippen MR) is 87.2 cm³/mol. The summed E-state index contributed by atoms with van der Waals surface area (Å²) < 4.78 is 4.99. The van der Waals surface area contributed by atoms with Crippen LogP contribution in [0.5, 0.6) is 0 Å². The molecular weight excluding hydrogens is 268 g/mol. The molecule has 0 saturated carbocycles. The lowest BCUT2D eigenvalue weighted by Gasteiger charge is -2.09. The Balaban J connectivity index is 0. The summed E-state index contributed by atoms with van der Waals surface area (Å²) in [6.45, 7) is 11.9. The molecule has 0 spiro atoms. The van der Waals surface area contributed by atoms with Crippen molar-refractivity contribution in [3.63, 3.8) is 0 Å². The van der Waals surface area contributed by atoms with Gasteiger partial charge in [0.25, 0.3) is 0 Å². The monoisotopic (exact) mass is 302 g/mol. The van der Waals surface area contributed by atoms with E-state index in [1.165, 1.54) is 0 Å². The molecule has 1 atom stereocenters. The van der Waals surface area contributed by atoms with Gasteiger partial charge in [-0.1, -0.05) is 27.7 Å². The minimum absolute atomic E-state index is 0.0630. The fourth-order valence-corrected chi connectivity index (χ4v) is 1.47. The molecule has 2 N–H and O–H groups in total. The van der Waals surface area contributed by atoms with E-state index in [0.717, 1.165) is 32.2 Å². The fourth-order valence-electron chi connectivity index (χ4n) is 1.47. The molecule has 2 amide bonds. The molecule has 1 unspecified atom stereocenters. The van der Waals surface area contributed by atoms with Crippen LogP contribution in [-0.2, 0) is 14.3 Å². The van der Waals surface area contributed by atoms with Crippen LogP contribution >= 0.6 is 0 Å². The summed E-state index contributed by atoms with van der Waals surface area (Å²) >= 11 is 0. The number of carbonyl (C=O) groups is 2. The molecule has 0 aromatic heterocycles. The van der Waals surface area contributed by atoms with Gasteiger partial charge in [0.2, 0.25) is 11.8 Å². The Hall–Kier alpha value is -1.10. The maximum Gasteiger partial charge on any atom is 0.245 e. The second-order valence-corrected chi connectivity index (χ2v) is 4.65. The first-order valence-corrected chi connectivity index (χ1v) is 8.23. The molecule has 0 aliphatic carbocycles. The molecule has 0 aromatic rings. The predicted octanol–water partition coefficient (Wildman–Crippen LogP) is 2.50. The van der Waals surface area contributed by atoms with Gasteiger partial charge in [-0.15, -0.1) is 0 Å². The van der Waals surface area contributed by atoms with E-state index in [1.54, 1.807) is 0 Å². The summed E-state index contributed by atoms with van der Waals surface area (Å²) in [6.07, 6.45) is 3.74. The molecule has 0 aliphatic rings. The minimum Gasteiger partial charge on any atom is -0.372 e. The molecule has 0 radical (unpaired) electrons. The summed E-state index contributed by atoms with van der Waals surface area (Å²) in [5, 5.41) is 5.71. The van der Waals surface area contributed by atoms with Crippen LogP contribution in [-0.4, -0.2) is 38.1 Å². The van der Waals surface area contributed by atoms with Crippen LogP contribution in [0.15, 0.2) is 0 Å². The largest absolute Gasteiger partial charge is 0.372 e. The first kappa shape index (κ1) is 22.2. The van der Waals surface area contributed by atoms with Crippen LogP contribution in [0.25, 0.3) is 0 Å². The Kier molecular flexibility index (Phi) is 17.9. The van der Waals surface area contributed by atoms with Gasteiger partial charge < -0.3 is 15.4 Å². The Labute approximate surface area is 130 Å². The van der Waals surface area contributed by atoms with Crippen LogP contribution < -0.4 is 10.6 Å². The normalized spacial score (nSPS) is 11.1. The number of rotatable bonds is 11. The average Bonchev–Trinajstić information content (AvgIpc) is 2.52. The highest BCUT2D eigenvalue weighted by molar-refractivity contribution is 5.78. The van der Waals surface area contributed by atoms with Crippen molar-refractivity contribution in [3.05, 3.63) is 0 Å². The molecule has 5 heteroatoms. The molecule has 0 bridgehead atoms. The van der Waals surface area contributed by atoms with Crippen molar-refractivity contribution in [1.29, 1.82) is 0 Å². The second-order valence-electron chi connectivity index (χ2n) is 4.65. The zero-order valence-electron chi connectivity index (χ0n) is 14.5. The first-order valence-electron chi connectivity index (χ1n) is 8.23. The van der Waals surface area contributed by atoms with Crippen molar-refractivity contribution < 1.29 is 14.3 Å². The lowest BCUT2D eigenvalue weighted by Crippen LogP contribution is -2.30. The van der Waals surface area contributed by atoms with Gasteiger partial charge in [-0.25, -0.2) is 0 Å². The standard InChI is InChI=1S/C14H28N2O3.C2H6/c1-4-12(3)14(18)16-10-8-6-7-9-15-13(17)11-19-5-2;1-2/h12H,4-11H2,1-3H3,(H,15,17)(H,16,18);1-2H3. The minimum atomic E-state index is -0.0630. The van der Waals surface area contributed by atoms with E-state index in [4.69, 9.17) is 4.74 Å². The van der Waals surface area contributed by atoms with E-state index in [-0.39, 0.29) is 24.3 Å². The number of ether oxygens (including phenoxy) is 1. The van der Waals surface area contributed by atoms with Crippen LogP contribution in [0.1, 0.15) is 60.3 Å². The zero-order valence-corrected chi connectivity index (χ0v) is 14.5. The van der Waals surface area contributed by atoms with Gasteiger partial charge in [-0.3, -0.25) is 9.59 Å². The number of amides is 2.